The Hall–Kier alpha value is -1.71. The van der Waals surface area contributed by atoms with Crippen LogP contribution in [0.3, 0.4) is 0 Å². The molecular weight excluding hydrogens is 206 g/mol. The van der Waals surface area contributed by atoms with Gasteiger partial charge in [0.1, 0.15) is 5.75 Å². The van der Waals surface area contributed by atoms with Crippen molar-refractivity contribution in [3.05, 3.63) is 23.3 Å². The highest BCUT2D eigenvalue weighted by Gasteiger charge is 2.26. The first-order valence-electron chi connectivity index (χ1n) is 5.26. The standard InChI is InChI=1S/C12H15NO3/c1-7-3-4-10(16-2)12-9(7)5-8(13-12)6-11(14)15/h3-4,8,13H,5-6H2,1-2H3,(H,14,15). The molecule has 1 aromatic rings. The number of aliphatic carboxylic acids is 1. The minimum atomic E-state index is -0.776. The summed E-state index contributed by atoms with van der Waals surface area (Å²) in [4.78, 5) is 10.7. The normalized spacial score (nSPS) is 17.8. The van der Waals surface area contributed by atoms with Crippen molar-refractivity contribution < 1.29 is 14.6 Å². The monoisotopic (exact) mass is 221 g/mol. The highest BCUT2D eigenvalue weighted by Crippen LogP contribution is 2.37. The van der Waals surface area contributed by atoms with Gasteiger partial charge in [0.25, 0.3) is 0 Å². The minimum absolute atomic E-state index is 0.0255. The number of fused-ring (bicyclic) bond motifs is 1. The van der Waals surface area contributed by atoms with E-state index >= 15 is 0 Å². The van der Waals surface area contributed by atoms with E-state index < -0.39 is 5.97 Å². The molecule has 1 aliphatic rings. The molecule has 0 bridgehead atoms. The van der Waals surface area contributed by atoms with E-state index in [2.05, 4.69) is 5.32 Å². The summed E-state index contributed by atoms with van der Waals surface area (Å²) in [6.07, 6.45) is 0.891. The van der Waals surface area contributed by atoms with E-state index in [1.54, 1.807) is 7.11 Å². The summed E-state index contributed by atoms with van der Waals surface area (Å²) in [5.74, 6) is 0.00964. The van der Waals surface area contributed by atoms with Gasteiger partial charge in [-0.3, -0.25) is 4.79 Å². The lowest BCUT2D eigenvalue weighted by Crippen LogP contribution is -2.19. The van der Waals surface area contributed by atoms with Gasteiger partial charge in [-0.15, -0.1) is 0 Å². The number of carboxylic acid groups (broad SMARTS) is 1. The summed E-state index contributed by atoms with van der Waals surface area (Å²) < 4.78 is 5.26. The van der Waals surface area contributed by atoms with Crippen molar-refractivity contribution in [2.24, 2.45) is 0 Å². The first-order valence-corrected chi connectivity index (χ1v) is 5.26. The van der Waals surface area contributed by atoms with Crippen LogP contribution in [0.15, 0.2) is 12.1 Å². The van der Waals surface area contributed by atoms with Crippen molar-refractivity contribution in [2.75, 3.05) is 12.4 Å². The predicted octanol–water partition coefficient (Wildman–Crippen LogP) is 1.81. The van der Waals surface area contributed by atoms with Gasteiger partial charge >= 0.3 is 5.97 Å². The predicted molar refractivity (Wildman–Crippen MR) is 61.1 cm³/mol. The summed E-state index contributed by atoms with van der Waals surface area (Å²) in [5.41, 5.74) is 3.30. The van der Waals surface area contributed by atoms with Gasteiger partial charge in [0.05, 0.1) is 19.2 Å². The van der Waals surface area contributed by atoms with Gasteiger partial charge in [-0.2, -0.15) is 0 Å². The largest absolute Gasteiger partial charge is 0.495 e. The van der Waals surface area contributed by atoms with E-state index in [-0.39, 0.29) is 12.5 Å². The van der Waals surface area contributed by atoms with Crippen LogP contribution >= 0.6 is 0 Å². The maximum Gasteiger partial charge on any atom is 0.305 e. The van der Waals surface area contributed by atoms with Crippen molar-refractivity contribution in [2.45, 2.75) is 25.8 Å². The van der Waals surface area contributed by atoms with Gasteiger partial charge in [-0.1, -0.05) is 6.07 Å². The third kappa shape index (κ3) is 1.83. The molecule has 0 saturated carbocycles. The molecule has 2 N–H and O–H groups in total. The van der Waals surface area contributed by atoms with Crippen LogP contribution in [-0.2, 0) is 11.2 Å². The zero-order valence-electron chi connectivity index (χ0n) is 9.41. The molecule has 0 aliphatic carbocycles. The van der Waals surface area contributed by atoms with E-state index in [0.29, 0.717) is 0 Å². The lowest BCUT2D eigenvalue weighted by Gasteiger charge is -2.10. The summed E-state index contributed by atoms with van der Waals surface area (Å²) >= 11 is 0. The molecule has 1 unspecified atom stereocenters. The first kappa shape index (κ1) is 10.8. The number of benzene rings is 1. The number of carboxylic acids is 1. The Labute approximate surface area is 94.2 Å². The van der Waals surface area contributed by atoms with Gasteiger partial charge in [0.2, 0.25) is 0 Å². The average Bonchev–Trinajstić information content (AvgIpc) is 2.62. The van der Waals surface area contributed by atoms with Gasteiger partial charge in [-0.05, 0) is 30.5 Å². The maximum absolute atomic E-state index is 10.7. The highest BCUT2D eigenvalue weighted by atomic mass is 16.5. The summed E-state index contributed by atoms with van der Waals surface area (Å²) in [7, 11) is 1.62. The number of hydrogen-bond donors (Lipinski definition) is 2. The second-order valence-corrected chi connectivity index (χ2v) is 4.08. The number of aryl methyl sites for hydroxylation is 1. The maximum atomic E-state index is 10.7. The molecule has 1 aliphatic heterocycles. The zero-order valence-corrected chi connectivity index (χ0v) is 9.41. The second-order valence-electron chi connectivity index (χ2n) is 4.08. The molecular formula is C12H15NO3. The molecule has 0 saturated heterocycles. The van der Waals surface area contributed by atoms with Crippen molar-refractivity contribution in [1.82, 2.24) is 0 Å². The Bertz CT molecular complexity index is 429. The number of anilines is 1. The summed E-state index contributed by atoms with van der Waals surface area (Å²) in [6, 6.07) is 3.88. The van der Waals surface area contributed by atoms with Crippen LogP contribution in [0.4, 0.5) is 5.69 Å². The summed E-state index contributed by atoms with van der Waals surface area (Å²) in [6.45, 7) is 2.03. The van der Waals surface area contributed by atoms with Crippen LogP contribution in [0.25, 0.3) is 0 Å². The topological polar surface area (TPSA) is 58.6 Å². The molecule has 4 heteroatoms. The number of rotatable bonds is 3. The van der Waals surface area contributed by atoms with Crippen molar-refractivity contribution >= 4 is 11.7 Å². The average molecular weight is 221 g/mol. The lowest BCUT2D eigenvalue weighted by molar-refractivity contribution is -0.137. The molecule has 0 amide bonds. The van der Waals surface area contributed by atoms with Crippen LogP contribution in [0, 0.1) is 6.92 Å². The third-order valence-electron chi connectivity index (χ3n) is 2.95. The SMILES string of the molecule is COc1ccc(C)c2c1NC(CC(=O)O)C2. The quantitative estimate of drug-likeness (QED) is 0.817. The number of carbonyl (C=O) groups is 1. The Morgan fingerprint density at radius 1 is 1.62 bits per heavy atom. The number of nitrogens with one attached hydrogen (secondary N) is 1. The zero-order chi connectivity index (χ0) is 11.7. The fourth-order valence-electron chi connectivity index (χ4n) is 2.16. The number of methoxy groups -OCH3 is 1. The van der Waals surface area contributed by atoms with Gasteiger partial charge in [0.15, 0.2) is 0 Å². The third-order valence-corrected chi connectivity index (χ3v) is 2.95. The van der Waals surface area contributed by atoms with E-state index in [1.165, 1.54) is 11.1 Å². The molecule has 0 radical (unpaired) electrons. The first-order chi connectivity index (χ1) is 7.61. The Balaban J connectivity index is 2.28. The van der Waals surface area contributed by atoms with Crippen LogP contribution in [0.1, 0.15) is 17.5 Å². The van der Waals surface area contributed by atoms with E-state index in [1.807, 2.05) is 19.1 Å². The lowest BCUT2D eigenvalue weighted by atomic mass is 10.0. The van der Waals surface area contributed by atoms with Gasteiger partial charge in [0, 0.05) is 6.04 Å². The molecule has 0 aromatic heterocycles. The molecule has 86 valence electrons. The molecule has 0 spiro atoms. The molecule has 0 fully saturated rings. The van der Waals surface area contributed by atoms with Crippen LogP contribution in [-0.4, -0.2) is 24.2 Å². The van der Waals surface area contributed by atoms with E-state index in [4.69, 9.17) is 9.84 Å². The minimum Gasteiger partial charge on any atom is -0.495 e. The summed E-state index contributed by atoms with van der Waals surface area (Å²) in [5, 5.41) is 12.0. The Morgan fingerprint density at radius 2 is 2.38 bits per heavy atom. The Morgan fingerprint density at radius 3 is 3.00 bits per heavy atom. The van der Waals surface area contributed by atoms with Gasteiger partial charge < -0.3 is 15.2 Å². The van der Waals surface area contributed by atoms with Crippen molar-refractivity contribution in [3.63, 3.8) is 0 Å². The Kier molecular flexibility index (Phi) is 2.73. The smallest absolute Gasteiger partial charge is 0.305 e. The second kappa shape index (κ2) is 4.04. The molecule has 1 atom stereocenters. The van der Waals surface area contributed by atoms with Crippen LogP contribution in [0.2, 0.25) is 0 Å². The molecule has 1 heterocycles. The van der Waals surface area contributed by atoms with Crippen molar-refractivity contribution in [1.29, 1.82) is 0 Å². The van der Waals surface area contributed by atoms with E-state index in [9.17, 15) is 4.79 Å². The van der Waals surface area contributed by atoms with Gasteiger partial charge in [-0.25, -0.2) is 0 Å². The fraction of sp³-hybridized carbons (Fsp3) is 0.417. The molecule has 4 nitrogen and oxygen atoms in total. The number of ether oxygens (including phenoxy) is 1. The van der Waals surface area contributed by atoms with Crippen LogP contribution < -0.4 is 10.1 Å². The van der Waals surface area contributed by atoms with Crippen molar-refractivity contribution in [3.8, 4) is 5.75 Å². The molecule has 16 heavy (non-hydrogen) atoms. The number of hydrogen-bond acceptors (Lipinski definition) is 3. The highest BCUT2D eigenvalue weighted by molar-refractivity contribution is 5.73. The van der Waals surface area contributed by atoms with Crippen LogP contribution in [0.5, 0.6) is 5.75 Å². The fourth-order valence-corrected chi connectivity index (χ4v) is 2.16. The molecule has 2 rings (SSSR count). The van der Waals surface area contributed by atoms with E-state index in [0.717, 1.165) is 17.9 Å². The molecule has 1 aromatic carbocycles.